The Labute approximate surface area is 113 Å². The molecule has 0 radical (unpaired) electrons. The maximum Gasteiger partial charge on any atom is 0.175 e. The van der Waals surface area contributed by atoms with E-state index in [9.17, 15) is 12.8 Å². The Hall–Kier alpha value is -1.14. The van der Waals surface area contributed by atoms with Crippen LogP contribution in [0.15, 0.2) is 23.1 Å². The number of hydrogen-bond donors (Lipinski definition) is 1. The normalized spacial score (nSPS) is 20.6. The van der Waals surface area contributed by atoms with Crippen LogP contribution in [0.3, 0.4) is 0 Å². The zero-order valence-electron chi connectivity index (χ0n) is 11.0. The molecule has 6 heteroatoms. The first-order valence-electron chi connectivity index (χ1n) is 6.36. The summed E-state index contributed by atoms with van der Waals surface area (Å²) < 4.78 is 36.8. The molecule has 1 aromatic carbocycles. The highest BCUT2D eigenvalue weighted by atomic mass is 32.2. The second kappa shape index (κ2) is 5.46. The van der Waals surface area contributed by atoms with Crippen LogP contribution >= 0.6 is 0 Å². The standard InChI is InChI=1S/C13H19FN2O2S/c1-19(17,18)11-4-5-13(12(14)7-11)16-6-2-3-10(8-15)9-16/h4-5,7,10H,2-3,6,8-9,15H2,1H3. The van der Waals surface area contributed by atoms with Crippen molar-refractivity contribution < 1.29 is 12.8 Å². The smallest absolute Gasteiger partial charge is 0.175 e. The van der Waals surface area contributed by atoms with Crippen molar-refractivity contribution in [2.45, 2.75) is 17.7 Å². The molecule has 0 bridgehead atoms. The lowest BCUT2D eigenvalue weighted by molar-refractivity contribution is 0.420. The fraction of sp³-hybridized carbons (Fsp3) is 0.538. The first-order valence-corrected chi connectivity index (χ1v) is 8.25. The predicted octanol–water partition coefficient (Wildman–Crippen LogP) is 1.40. The van der Waals surface area contributed by atoms with Crippen molar-refractivity contribution in [3.8, 4) is 0 Å². The van der Waals surface area contributed by atoms with E-state index in [-0.39, 0.29) is 4.90 Å². The number of nitrogens with zero attached hydrogens (tertiary/aromatic N) is 1. The Bertz CT molecular complexity index is 560. The highest BCUT2D eigenvalue weighted by Crippen LogP contribution is 2.27. The summed E-state index contributed by atoms with van der Waals surface area (Å²) in [5, 5.41) is 0. The maximum absolute atomic E-state index is 14.1. The summed E-state index contributed by atoms with van der Waals surface area (Å²) >= 11 is 0. The molecule has 0 aromatic heterocycles. The first-order chi connectivity index (χ1) is 8.91. The van der Waals surface area contributed by atoms with Crippen molar-refractivity contribution in [3.63, 3.8) is 0 Å². The Morgan fingerprint density at radius 2 is 2.21 bits per heavy atom. The summed E-state index contributed by atoms with van der Waals surface area (Å²) in [6, 6.07) is 4.10. The molecule has 1 saturated heterocycles. The average molecular weight is 286 g/mol. The second-order valence-corrected chi connectivity index (χ2v) is 7.09. The Morgan fingerprint density at radius 3 is 2.79 bits per heavy atom. The maximum atomic E-state index is 14.1. The number of nitrogens with two attached hydrogens (primary N) is 1. The summed E-state index contributed by atoms with van der Waals surface area (Å²) in [7, 11) is -3.37. The topological polar surface area (TPSA) is 63.4 Å². The van der Waals surface area contributed by atoms with Gasteiger partial charge in [0.2, 0.25) is 0 Å². The molecule has 2 N–H and O–H groups in total. The number of rotatable bonds is 3. The molecule has 1 atom stereocenters. The summed E-state index contributed by atoms with van der Waals surface area (Å²) in [4.78, 5) is 1.96. The number of sulfone groups is 1. The van der Waals surface area contributed by atoms with Gasteiger partial charge in [-0.15, -0.1) is 0 Å². The van der Waals surface area contributed by atoms with E-state index in [1.807, 2.05) is 4.90 Å². The lowest BCUT2D eigenvalue weighted by Crippen LogP contribution is -2.38. The molecule has 0 spiro atoms. The van der Waals surface area contributed by atoms with Crippen LogP contribution in [-0.4, -0.2) is 34.3 Å². The van der Waals surface area contributed by atoms with Crippen molar-refractivity contribution in [3.05, 3.63) is 24.0 Å². The van der Waals surface area contributed by atoms with Crippen LogP contribution in [0.2, 0.25) is 0 Å². The molecule has 0 saturated carbocycles. The molecule has 0 amide bonds. The van der Waals surface area contributed by atoms with Crippen molar-refractivity contribution in [2.75, 3.05) is 30.8 Å². The van der Waals surface area contributed by atoms with Gasteiger partial charge in [-0.1, -0.05) is 0 Å². The minimum Gasteiger partial charge on any atom is -0.369 e. The van der Waals surface area contributed by atoms with E-state index >= 15 is 0 Å². The number of hydrogen-bond acceptors (Lipinski definition) is 4. The SMILES string of the molecule is CS(=O)(=O)c1ccc(N2CCCC(CN)C2)c(F)c1. The average Bonchev–Trinajstić information content (AvgIpc) is 2.37. The third-order valence-electron chi connectivity index (χ3n) is 3.54. The van der Waals surface area contributed by atoms with Crippen LogP contribution in [0.1, 0.15) is 12.8 Å². The largest absolute Gasteiger partial charge is 0.369 e. The molecule has 1 aromatic rings. The van der Waals surface area contributed by atoms with Gasteiger partial charge < -0.3 is 10.6 Å². The highest BCUT2D eigenvalue weighted by Gasteiger charge is 2.22. The van der Waals surface area contributed by atoms with Crippen molar-refractivity contribution in [2.24, 2.45) is 11.7 Å². The van der Waals surface area contributed by atoms with Gasteiger partial charge in [0.25, 0.3) is 0 Å². The van der Waals surface area contributed by atoms with Gasteiger partial charge in [0, 0.05) is 19.3 Å². The predicted molar refractivity (Wildman–Crippen MR) is 73.5 cm³/mol. The van der Waals surface area contributed by atoms with Crippen LogP contribution in [-0.2, 0) is 9.84 Å². The summed E-state index contributed by atoms with van der Waals surface area (Å²) in [6.45, 7) is 2.11. The zero-order chi connectivity index (χ0) is 14.0. The van der Waals surface area contributed by atoms with Gasteiger partial charge in [0.05, 0.1) is 10.6 Å². The van der Waals surface area contributed by atoms with E-state index in [0.717, 1.165) is 38.3 Å². The molecule has 4 nitrogen and oxygen atoms in total. The Kier molecular flexibility index (Phi) is 4.10. The van der Waals surface area contributed by atoms with Gasteiger partial charge in [-0.2, -0.15) is 0 Å². The first kappa shape index (κ1) is 14.3. The fourth-order valence-electron chi connectivity index (χ4n) is 2.45. The summed E-state index contributed by atoms with van der Waals surface area (Å²) in [6.07, 6.45) is 3.12. The third kappa shape index (κ3) is 3.25. The molecule has 1 unspecified atom stereocenters. The van der Waals surface area contributed by atoms with E-state index < -0.39 is 15.7 Å². The van der Waals surface area contributed by atoms with Gasteiger partial charge in [0.15, 0.2) is 9.84 Å². The molecule has 1 aliphatic heterocycles. The van der Waals surface area contributed by atoms with E-state index in [1.165, 1.54) is 6.07 Å². The van der Waals surface area contributed by atoms with Gasteiger partial charge in [-0.05, 0) is 43.5 Å². The third-order valence-corrected chi connectivity index (χ3v) is 4.65. The van der Waals surface area contributed by atoms with Crippen LogP contribution in [0, 0.1) is 11.7 Å². The van der Waals surface area contributed by atoms with Crippen molar-refractivity contribution in [1.29, 1.82) is 0 Å². The molecule has 106 valence electrons. The number of benzene rings is 1. The molecule has 2 rings (SSSR count). The molecule has 1 fully saturated rings. The fourth-order valence-corrected chi connectivity index (χ4v) is 3.08. The van der Waals surface area contributed by atoms with Crippen LogP contribution in [0.5, 0.6) is 0 Å². The molecule has 19 heavy (non-hydrogen) atoms. The highest BCUT2D eigenvalue weighted by molar-refractivity contribution is 7.90. The van der Waals surface area contributed by atoms with Gasteiger partial charge in [-0.25, -0.2) is 12.8 Å². The molecule has 0 aliphatic carbocycles. The number of anilines is 1. The lowest BCUT2D eigenvalue weighted by atomic mass is 9.98. The lowest BCUT2D eigenvalue weighted by Gasteiger charge is -2.34. The molecule has 1 heterocycles. The monoisotopic (exact) mass is 286 g/mol. The minimum absolute atomic E-state index is 0.0149. The number of halogens is 1. The second-order valence-electron chi connectivity index (χ2n) is 5.08. The van der Waals surface area contributed by atoms with Gasteiger partial charge in [0.1, 0.15) is 5.82 Å². The summed E-state index contributed by atoms with van der Waals surface area (Å²) in [5.41, 5.74) is 6.13. The molecular formula is C13H19FN2O2S. The van der Waals surface area contributed by atoms with Crippen molar-refractivity contribution in [1.82, 2.24) is 0 Å². The molecular weight excluding hydrogens is 267 g/mol. The van der Waals surface area contributed by atoms with Gasteiger partial charge in [-0.3, -0.25) is 0 Å². The van der Waals surface area contributed by atoms with Crippen LogP contribution < -0.4 is 10.6 Å². The zero-order valence-corrected chi connectivity index (χ0v) is 11.8. The number of piperidine rings is 1. The molecule has 1 aliphatic rings. The Morgan fingerprint density at radius 1 is 1.47 bits per heavy atom. The summed E-state index contributed by atoms with van der Waals surface area (Å²) in [5.74, 6) is -0.108. The minimum atomic E-state index is -3.37. The van der Waals surface area contributed by atoms with Crippen LogP contribution in [0.4, 0.5) is 10.1 Å². The van der Waals surface area contributed by atoms with E-state index in [4.69, 9.17) is 5.73 Å². The quantitative estimate of drug-likeness (QED) is 0.912. The van der Waals surface area contributed by atoms with Crippen molar-refractivity contribution >= 4 is 15.5 Å². The van der Waals surface area contributed by atoms with E-state index in [0.29, 0.717) is 18.2 Å². The van der Waals surface area contributed by atoms with E-state index in [1.54, 1.807) is 6.07 Å². The Balaban J connectivity index is 2.26. The van der Waals surface area contributed by atoms with E-state index in [2.05, 4.69) is 0 Å². The van der Waals surface area contributed by atoms with Crippen LogP contribution in [0.25, 0.3) is 0 Å². The van der Waals surface area contributed by atoms with Gasteiger partial charge >= 0.3 is 0 Å².